The molecule has 0 saturated heterocycles. The van der Waals surface area contributed by atoms with Crippen molar-refractivity contribution in [2.45, 2.75) is 39.0 Å². The van der Waals surface area contributed by atoms with Crippen LogP contribution >= 0.6 is 0 Å². The van der Waals surface area contributed by atoms with Gasteiger partial charge >= 0.3 is 11.9 Å². The third-order valence-corrected chi connectivity index (χ3v) is 4.07. The second-order valence-electron chi connectivity index (χ2n) is 5.96. The largest absolute Gasteiger partial charge is 0.426 e. The van der Waals surface area contributed by atoms with Crippen LogP contribution in [0.25, 0.3) is 0 Å². The van der Waals surface area contributed by atoms with E-state index < -0.39 is 5.97 Å². The van der Waals surface area contributed by atoms with Gasteiger partial charge in [0.1, 0.15) is 11.5 Å². The molecule has 0 amide bonds. The van der Waals surface area contributed by atoms with Crippen LogP contribution in [0, 0.1) is 0 Å². The summed E-state index contributed by atoms with van der Waals surface area (Å²) in [6.45, 7) is 2.18. The zero-order valence-electron chi connectivity index (χ0n) is 13.7. The predicted octanol–water partition coefficient (Wildman–Crippen LogP) is 4.10. The van der Waals surface area contributed by atoms with Crippen LogP contribution in [0.1, 0.15) is 47.7 Å². The van der Waals surface area contributed by atoms with E-state index in [1.54, 1.807) is 30.3 Å². The topological polar surface area (TPSA) is 52.6 Å². The minimum atomic E-state index is -0.417. The average molecular weight is 324 g/mol. The van der Waals surface area contributed by atoms with Gasteiger partial charge in [0.05, 0.1) is 12.0 Å². The summed E-state index contributed by atoms with van der Waals surface area (Å²) in [7, 11) is 0. The maximum atomic E-state index is 12.2. The quantitative estimate of drug-likeness (QED) is 0.456. The lowest BCUT2D eigenvalue weighted by molar-refractivity contribution is -0.131. The minimum absolute atomic E-state index is 0.267. The molecule has 0 aromatic heterocycles. The van der Waals surface area contributed by atoms with Crippen LogP contribution in [-0.4, -0.2) is 11.9 Å². The Hall–Kier alpha value is -2.62. The summed E-state index contributed by atoms with van der Waals surface area (Å²) in [6, 6.07) is 12.5. The molecular weight excluding hydrogens is 304 g/mol. The molecule has 1 heterocycles. The van der Waals surface area contributed by atoms with Crippen LogP contribution in [0.5, 0.6) is 11.5 Å². The molecule has 24 heavy (non-hydrogen) atoms. The molecule has 0 spiro atoms. The van der Waals surface area contributed by atoms with Crippen LogP contribution in [0.3, 0.4) is 0 Å². The van der Waals surface area contributed by atoms with Crippen molar-refractivity contribution in [2.24, 2.45) is 0 Å². The Morgan fingerprint density at radius 3 is 2.67 bits per heavy atom. The molecule has 4 heteroatoms. The average Bonchev–Trinajstić information content (AvgIpc) is 2.95. The van der Waals surface area contributed by atoms with Gasteiger partial charge in [0.25, 0.3) is 0 Å². The van der Waals surface area contributed by atoms with Gasteiger partial charge in [-0.1, -0.05) is 38.0 Å². The van der Waals surface area contributed by atoms with E-state index in [1.165, 1.54) is 18.4 Å². The lowest BCUT2D eigenvalue weighted by atomic mass is 10.1. The number of ether oxygens (including phenoxy) is 2. The molecule has 1 aliphatic rings. The van der Waals surface area contributed by atoms with E-state index in [0.717, 1.165) is 18.4 Å². The third kappa shape index (κ3) is 3.82. The van der Waals surface area contributed by atoms with E-state index >= 15 is 0 Å². The maximum absolute atomic E-state index is 12.2. The van der Waals surface area contributed by atoms with Gasteiger partial charge in [-0.05, 0) is 36.6 Å². The Labute approximate surface area is 141 Å². The van der Waals surface area contributed by atoms with E-state index in [-0.39, 0.29) is 12.4 Å². The maximum Gasteiger partial charge on any atom is 0.343 e. The first kappa shape index (κ1) is 16.2. The van der Waals surface area contributed by atoms with Gasteiger partial charge in [0, 0.05) is 11.6 Å². The molecule has 2 aromatic rings. The predicted molar refractivity (Wildman–Crippen MR) is 90.4 cm³/mol. The number of aryl methyl sites for hydroxylation is 1. The molecule has 0 N–H and O–H groups in total. The van der Waals surface area contributed by atoms with Crippen molar-refractivity contribution in [3.8, 4) is 11.5 Å². The monoisotopic (exact) mass is 324 g/mol. The van der Waals surface area contributed by atoms with Gasteiger partial charge < -0.3 is 9.47 Å². The number of fused-ring (bicyclic) bond motifs is 1. The smallest absolute Gasteiger partial charge is 0.343 e. The Morgan fingerprint density at radius 1 is 1.12 bits per heavy atom. The van der Waals surface area contributed by atoms with E-state index in [0.29, 0.717) is 17.1 Å². The van der Waals surface area contributed by atoms with Crippen LogP contribution < -0.4 is 9.47 Å². The highest BCUT2D eigenvalue weighted by molar-refractivity contribution is 5.91. The number of unbranched alkanes of at least 4 members (excludes halogenated alkanes) is 2. The molecule has 0 radical (unpaired) electrons. The summed E-state index contributed by atoms with van der Waals surface area (Å²) < 4.78 is 10.4. The van der Waals surface area contributed by atoms with Gasteiger partial charge in [-0.2, -0.15) is 0 Å². The summed E-state index contributed by atoms with van der Waals surface area (Å²) in [4.78, 5) is 23.5. The molecule has 3 rings (SSSR count). The molecule has 0 aliphatic carbocycles. The number of carbonyl (C=O) groups is 2. The number of hydrogen-bond donors (Lipinski definition) is 0. The Morgan fingerprint density at radius 2 is 1.92 bits per heavy atom. The van der Waals surface area contributed by atoms with Crippen molar-refractivity contribution >= 4 is 11.9 Å². The Bertz CT molecular complexity index is 747. The summed E-state index contributed by atoms with van der Waals surface area (Å²) in [5.74, 6) is 0.142. The highest BCUT2D eigenvalue weighted by Gasteiger charge is 2.21. The molecule has 124 valence electrons. The summed E-state index contributed by atoms with van der Waals surface area (Å²) in [5, 5.41) is 0. The van der Waals surface area contributed by atoms with E-state index in [9.17, 15) is 9.59 Å². The number of hydrogen-bond acceptors (Lipinski definition) is 4. The van der Waals surface area contributed by atoms with Crippen LogP contribution in [0.15, 0.2) is 42.5 Å². The molecule has 1 aliphatic heterocycles. The highest BCUT2D eigenvalue weighted by Crippen LogP contribution is 2.30. The molecular formula is C20H20O4. The zero-order valence-corrected chi connectivity index (χ0v) is 13.7. The second-order valence-corrected chi connectivity index (χ2v) is 5.96. The first-order valence-corrected chi connectivity index (χ1v) is 8.30. The minimum Gasteiger partial charge on any atom is -0.426 e. The summed E-state index contributed by atoms with van der Waals surface area (Å²) in [6.07, 6.45) is 4.86. The molecule has 0 atom stereocenters. The fraction of sp³-hybridized carbons (Fsp3) is 0.300. The standard InChI is InChI=1S/C20H20O4/c1-2-3-4-5-14-6-8-15(9-7-14)20(22)23-17-11-10-16-12-19(21)24-18(16)13-17/h6-11,13H,2-5,12H2,1H3. The van der Waals surface area contributed by atoms with Crippen LogP contribution in [0.4, 0.5) is 0 Å². The fourth-order valence-corrected chi connectivity index (χ4v) is 2.71. The van der Waals surface area contributed by atoms with Crippen molar-refractivity contribution in [2.75, 3.05) is 0 Å². The fourth-order valence-electron chi connectivity index (χ4n) is 2.71. The van der Waals surface area contributed by atoms with Gasteiger partial charge in [-0.3, -0.25) is 4.79 Å². The van der Waals surface area contributed by atoms with Crippen molar-refractivity contribution in [3.63, 3.8) is 0 Å². The summed E-state index contributed by atoms with van der Waals surface area (Å²) >= 11 is 0. The lowest BCUT2D eigenvalue weighted by Gasteiger charge is -2.07. The third-order valence-electron chi connectivity index (χ3n) is 4.07. The highest BCUT2D eigenvalue weighted by atomic mass is 16.5. The van der Waals surface area contributed by atoms with Gasteiger partial charge in [-0.15, -0.1) is 0 Å². The number of rotatable bonds is 6. The van der Waals surface area contributed by atoms with Crippen molar-refractivity contribution in [1.82, 2.24) is 0 Å². The van der Waals surface area contributed by atoms with Crippen LogP contribution in [-0.2, 0) is 17.6 Å². The molecule has 2 aromatic carbocycles. The van der Waals surface area contributed by atoms with E-state index in [2.05, 4.69) is 6.92 Å². The van der Waals surface area contributed by atoms with Crippen molar-refractivity contribution in [3.05, 3.63) is 59.2 Å². The first-order chi connectivity index (χ1) is 11.7. The Balaban J connectivity index is 1.63. The van der Waals surface area contributed by atoms with Gasteiger partial charge in [0.15, 0.2) is 0 Å². The van der Waals surface area contributed by atoms with Gasteiger partial charge in [-0.25, -0.2) is 4.79 Å². The van der Waals surface area contributed by atoms with Crippen molar-refractivity contribution in [1.29, 1.82) is 0 Å². The summed E-state index contributed by atoms with van der Waals surface area (Å²) in [5.41, 5.74) is 2.55. The van der Waals surface area contributed by atoms with E-state index in [4.69, 9.17) is 9.47 Å². The number of carbonyl (C=O) groups excluding carboxylic acids is 2. The van der Waals surface area contributed by atoms with E-state index in [1.807, 2.05) is 12.1 Å². The first-order valence-electron chi connectivity index (χ1n) is 8.30. The van der Waals surface area contributed by atoms with Gasteiger partial charge in [0.2, 0.25) is 0 Å². The normalized spacial score (nSPS) is 12.6. The molecule has 0 fully saturated rings. The second kappa shape index (κ2) is 7.30. The molecule has 0 saturated carbocycles. The van der Waals surface area contributed by atoms with Crippen LogP contribution in [0.2, 0.25) is 0 Å². The zero-order chi connectivity index (χ0) is 16.9. The number of benzene rings is 2. The molecule has 4 nitrogen and oxygen atoms in total. The Kier molecular flexibility index (Phi) is 4.94. The SMILES string of the molecule is CCCCCc1ccc(C(=O)Oc2ccc3c(c2)OC(=O)C3)cc1. The van der Waals surface area contributed by atoms with Crippen molar-refractivity contribution < 1.29 is 19.1 Å². The lowest BCUT2D eigenvalue weighted by Crippen LogP contribution is -2.08. The number of esters is 2. The molecule has 0 bridgehead atoms. The molecule has 0 unspecified atom stereocenters.